The highest BCUT2D eigenvalue weighted by atomic mass is 79.9. The van der Waals surface area contributed by atoms with Crippen LogP contribution in [0.5, 0.6) is 0 Å². The molecule has 0 aliphatic carbocycles. The van der Waals surface area contributed by atoms with E-state index in [1.165, 1.54) is 10.4 Å². The Morgan fingerprint density at radius 2 is 1.95 bits per heavy atom. The van der Waals surface area contributed by atoms with E-state index in [1.54, 1.807) is 17.0 Å². The molecular formula is C13H17BrClN3O3S. The Morgan fingerprint density at radius 3 is 2.50 bits per heavy atom. The average molecular weight is 411 g/mol. The molecule has 22 heavy (non-hydrogen) atoms. The lowest BCUT2D eigenvalue weighted by Gasteiger charge is -2.34. The molecule has 1 fully saturated rings. The molecule has 1 saturated heterocycles. The van der Waals surface area contributed by atoms with Crippen molar-refractivity contribution in [2.45, 2.75) is 11.8 Å². The van der Waals surface area contributed by atoms with Crippen LogP contribution in [0.1, 0.15) is 6.92 Å². The summed E-state index contributed by atoms with van der Waals surface area (Å²) in [5.41, 5.74) is 0. The third kappa shape index (κ3) is 3.73. The number of halogens is 2. The molecule has 9 heteroatoms. The fourth-order valence-electron chi connectivity index (χ4n) is 2.22. The van der Waals surface area contributed by atoms with Gasteiger partial charge in [-0.2, -0.15) is 4.31 Å². The van der Waals surface area contributed by atoms with E-state index in [-0.39, 0.29) is 29.0 Å². The van der Waals surface area contributed by atoms with Gasteiger partial charge in [0.05, 0.1) is 5.02 Å². The van der Waals surface area contributed by atoms with Crippen molar-refractivity contribution in [1.29, 1.82) is 0 Å². The third-order valence-electron chi connectivity index (χ3n) is 3.37. The lowest BCUT2D eigenvalue weighted by atomic mass is 10.4. The first-order valence-electron chi connectivity index (χ1n) is 6.84. The largest absolute Gasteiger partial charge is 0.338 e. The maximum atomic E-state index is 12.6. The van der Waals surface area contributed by atoms with E-state index in [2.05, 4.69) is 21.2 Å². The molecule has 0 spiro atoms. The van der Waals surface area contributed by atoms with Crippen LogP contribution in [-0.2, 0) is 10.0 Å². The highest BCUT2D eigenvalue weighted by molar-refractivity contribution is 9.10. The van der Waals surface area contributed by atoms with Crippen LogP contribution in [0.25, 0.3) is 0 Å². The summed E-state index contributed by atoms with van der Waals surface area (Å²) in [6, 6.07) is 4.52. The summed E-state index contributed by atoms with van der Waals surface area (Å²) >= 11 is 9.30. The number of rotatable bonds is 3. The van der Waals surface area contributed by atoms with Crippen molar-refractivity contribution in [2.75, 3.05) is 32.7 Å². The summed E-state index contributed by atoms with van der Waals surface area (Å²) in [6.07, 6.45) is 0. The molecule has 0 radical (unpaired) electrons. The molecule has 122 valence electrons. The van der Waals surface area contributed by atoms with Gasteiger partial charge in [0.1, 0.15) is 4.90 Å². The summed E-state index contributed by atoms with van der Waals surface area (Å²) in [5, 5.41) is 2.89. The quantitative estimate of drug-likeness (QED) is 0.830. The third-order valence-corrected chi connectivity index (χ3v) is 6.24. The molecule has 6 nitrogen and oxygen atoms in total. The van der Waals surface area contributed by atoms with Crippen LogP contribution < -0.4 is 5.32 Å². The van der Waals surface area contributed by atoms with Crippen LogP contribution in [0.2, 0.25) is 5.02 Å². The number of sulfonamides is 1. The first-order valence-corrected chi connectivity index (χ1v) is 9.45. The molecule has 2 rings (SSSR count). The van der Waals surface area contributed by atoms with Crippen LogP contribution in [0.4, 0.5) is 4.79 Å². The monoisotopic (exact) mass is 409 g/mol. The number of urea groups is 1. The predicted octanol–water partition coefficient (Wildman–Crippen LogP) is 2.14. The van der Waals surface area contributed by atoms with Crippen molar-refractivity contribution in [3.63, 3.8) is 0 Å². The lowest BCUT2D eigenvalue weighted by Crippen LogP contribution is -2.53. The minimum absolute atomic E-state index is 0.0869. The number of amides is 2. The topological polar surface area (TPSA) is 69.7 Å². The molecule has 1 N–H and O–H groups in total. The van der Waals surface area contributed by atoms with E-state index < -0.39 is 10.0 Å². The van der Waals surface area contributed by atoms with Crippen LogP contribution >= 0.6 is 27.5 Å². The molecule has 0 atom stereocenters. The van der Waals surface area contributed by atoms with Gasteiger partial charge in [0.2, 0.25) is 10.0 Å². The second-order valence-electron chi connectivity index (χ2n) is 4.80. The van der Waals surface area contributed by atoms with Crippen molar-refractivity contribution < 1.29 is 13.2 Å². The number of carbonyl (C=O) groups excluding carboxylic acids is 1. The number of nitrogens with zero attached hydrogens (tertiary/aromatic N) is 2. The highest BCUT2D eigenvalue weighted by Gasteiger charge is 2.31. The zero-order valence-corrected chi connectivity index (χ0v) is 15.2. The summed E-state index contributed by atoms with van der Waals surface area (Å²) in [6.45, 7) is 3.62. The van der Waals surface area contributed by atoms with Crippen LogP contribution in [0.15, 0.2) is 27.6 Å². The molecule has 1 aromatic carbocycles. The molecular weight excluding hydrogens is 394 g/mol. The molecule has 0 saturated carbocycles. The van der Waals surface area contributed by atoms with E-state index >= 15 is 0 Å². The maximum Gasteiger partial charge on any atom is 0.317 e. The van der Waals surface area contributed by atoms with Gasteiger partial charge in [-0.25, -0.2) is 13.2 Å². The number of hydrogen-bond acceptors (Lipinski definition) is 3. The number of carbonyl (C=O) groups is 1. The van der Waals surface area contributed by atoms with Crippen LogP contribution in [-0.4, -0.2) is 56.4 Å². The SMILES string of the molecule is CCNC(=O)N1CCN(S(=O)(=O)c2ccc(Br)cc2Cl)CC1. The van der Waals surface area contributed by atoms with E-state index in [1.807, 2.05) is 6.92 Å². The van der Waals surface area contributed by atoms with Gasteiger partial charge >= 0.3 is 6.03 Å². The van der Waals surface area contributed by atoms with Crippen molar-refractivity contribution in [3.8, 4) is 0 Å². The van der Waals surface area contributed by atoms with Gasteiger partial charge in [0, 0.05) is 37.2 Å². The van der Waals surface area contributed by atoms with Crippen molar-refractivity contribution >= 4 is 43.6 Å². The number of nitrogens with one attached hydrogen (secondary N) is 1. The lowest BCUT2D eigenvalue weighted by molar-refractivity contribution is 0.173. The van der Waals surface area contributed by atoms with Gasteiger partial charge in [-0.15, -0.1) is 0 Å². The molecule has 0 bridgehead atoms. The minimum Gasteiger partial charge on any atom is -0.338 e. The Morgan fingerprint density at radius 1 is 1.32 bits per heavy atom. The van der Waals surface area contributed by atoms with Crippen LogP contribution in [0, 0.1) is 0 Å². The standard InChI is InChI=1S/C13H17BrClN3O3S/c1-2-16-13(19)17-5-7-18(8-6-17)22(20,21)12-4-3-10(14)9-11(12)15/h3-4,9H,2,5-8H2,1H3,(H,16,19). The zero-order chi connectivity index (χ0) is 16.3. The van der Waals surface area contributed by atoms with E-state index in [0.717, 1.165) is 4.47 Å². The smallest absolute Gasteiger partial charge is 0.317 e. The van der Waals surface area contributed by atoms with E-state index in [4.69, 9.17) is 11.6 Å². The van der Waals surface area contributed by atoms with Gasteiger partial charge in [-0.05, 0) is 25.1 Å². The maximum absolute atomic E-state index is 12.6. The molecule has 2 amide bonds. The van der Waals surface area contributed by atoms with Crippen molar-refractivity contribution in [2.24, 2.45) is 0 Å². The van der Waals surface area contributed by atoms with Gasteiger partial charge in [0.25, 0.3) is 0 Å². The molecule has 1 aromatic rings. The summed E-state index contributed by atoms with van der Waals surface area (Å²) in [5.74, 6) is 0. The molecule has 1 aliphatic rings. The fraction of sp³-hybridized carbons (Fsp3) is 0.462. The fourth-order valence-corrected chi connectivity index (χ4v) is 4.65. The predicted molar refractivity (Wildman–Crippen MR) is 88.6 cm³/mol. The Balaban J connectivity index is 2.11. The van der Waals surface area contributed by atoms with Gasteiger partial charge in [-0.3, -0.25) is 0 Å². The first-order chi connectivity index (χ1) is 10.4. The average Bonchev–Trinajstić information content (AvgIpc) is 2.47. The summed E-state index contributed by atoms with van der Waals surface area (Å²) in [7, 11) is -3.65. The summed E-state index contributed by atoms with van der Waals surface area (Å²) in [4.78, 5) is 13.4. The number of hydrogen-bond donors (Lipinski definition) is 1. The number of piperazine rings is 1. The van der Waals surface area contributed by atoms with Crippen molar-refractivity contribution in [1.82, 2.24) is 14.5 Å². The highest BCUT2D eigenvalue weighted by Crippen LogP contribution is 2.28. The molecule has 1 heterocycles. The van der Waals surface area contributed by atoms with Crippen LogP contribution in [0.3, 0.4) is 0 Å². The van der Waals surface area contributed by atoms with Crippen molar-refractivity contribution in [3.05, 3.63) is 27.7 Å². The van der Waals surface area contributed by atoms with Gasteiger partial charge in [0.15, 0.2) is 0 Å². The number of benzene rings is 1. The minimum atomic E-state index is -3.65. The Labute approximate surface area is 143 Å². The Hall–Kier alpha value is -0.830. The second-order valence-corrected chi connectivity index (χ2v) is 8.03. The Bertz CT molecular complexity index is 660. The molecule has 0 unspecified atom stereocenters. The Kier molecular flexibility index (Phi) is 5.70. The molecule has 0 aromatic heterocycles. The van der Waals surface area contributed by atoms with Gasteiger partial charge in [-0.1, -0.05) is 27.5 Å². The van der Waals surface area contributed by atoms with E-state index in [9.17, 15) is 13.2 Å². The normalized spacial score (nSPS) is 16.6. The molecule has 1 aliphatic heterocycles. The van der Waals surface area contributed by atoms with E-state index in [0.29, 0.717) is 19.6 Å². The first kappa shape index (κ1) is 17.5. The second kappa shape index (κ2) is 7.16. The zero-order valence-electron chi connectivity index (χ0n) is 12.1. The summed E-state index contributed by atoms with van der Waals surface area (Å²) < 4.78 is 27.3. The van der Waals surface area contributed by atoms with Gasteiger partial charge < -0.3 is 10.2 Å².